The number of piperidine rings is 1. The molecule has 0 unspecified atom stereocenters. The van der Waals surface area contributed by atoms with Crippen molar-refractivity contribution in [2.75, 3.05) is 19.7 Å². The van der Waals surface area contributed by atoms with Crippen LogP contribution in [0.25, 0.3) is 0 Å². The van der Waals surface area contributed by atoms with Crippen LogP contribution >= 0.6 is 11.6 Å². The van der Waals surface area contributed by atoms with Gasteiger partial charge in [-0.05, 0) is 37.9 Å². The summed E-state index contributed by atoms with van der Waals surface area (Å²) in [6, 6.07) is 4.64. The lowest BCUT2D eigenvalue weighted by Crippen LogP contribution is -2.53. The van der Waals surface area contributed by atoms with Crippen LogP contribution in [-0.4, -0.2) is 41.7 Å². The number of rotatable bonds is 5. The highest BCUT2D eigenvalue weighted by atomic mass is 35.5. The molecule has 1 saturated heterocycles. The first kappa shape index (κ1) is 16.7. The molecule has 0 spiro atoms. The first-order valence-electron chi connectivity index (χ1n) is 8.14. The number of likely N-dealkylation sites (tertiary alicyclic amines) is 1. The lowest BCUT2D eigenvalue weighted by Gasteiger charge is -2.38. The number of halogens is 2. The van der Waals surface area contributed by atoms with Gasteiger partial charge in [-0.3, -0.25) is 9.69 Å². The van der Waals surface area contributed by atoms with Crippen LogP contribution in [-0.2, 0) is 11.3 Å². The quantitative estimate of drug-likeness (QED) is 0.864. The molecule has 0 bridgehead atoms. The number of carbonyl (C=O) groups excluding carboxylic acids is 1. The summed E-state index contributed by atoms with van der Waals surface area (Å²) in [5.74, 6) is 0.00997. The van der Waals surface area contributed by atoms with E-state index in [1.54, 1.807) is 12.1 Å². The maximum absolute atomic E-state index is 13.9. The van der Waals surface area contributed by atoms with Crippen LogP contribution in [0.1, 0.15) is 24.8 Å². The van der Waals surface area contributed by atoms with Crippen molar-refractivity contribution in [3.8, 4) is 0 Å². The van der Waals surface area contributed by atoms with E-state index in [1.807, 2.05) is 0 Å². The van der Waals surface area contributed by atoms with Gasteiger partial charge in [0.25, 0.3) is 0 Å². The number of nitrogens with one attached hydrogen (secondary N) is 1. The van der Waals surface area contributed by atoms with Gasteiger partial charge in [0.2, 0.25) is 5.91 Å². The Labute approximate surface area is 140 Å². The Morgan fingerprint density at radius 1 is 1.39 bits per heavy atom. The van der Waals surface area contributed by atoms with Crippen molar-refractivity contribution in [2.45, 2.75) is 31.8 Å². The van der Waals surface area contributed by atoms with Crippen molar-refractivity contribution < 1.29 is 14.3 Å². The van der Waals surface area contributed by atoms with E-state index in [0.29, 0.717) is 23.7 Å². The molecule has 23 heavy (non-hydrogen) atoms. The normalized spacial score (nSPS) is 25.3. The predicted molar refractivity (Wildman–Crippen MR) is 86.5 cm³/mol. The molecule has 0 aromatic heterocycles. The van der Waals surface area contributed by atoms with E-state index >= 15 is 0 Å². The molecule has 2 atom stereocenters. The van der Waals surface area contributed by atoms with Crippen molar-refractivity contribution in [2.24, 2.45) is 11.8 Å². The van der Waals surface area contributed by atoms with E-state index < -0.39 is 0 Å². The van der Waals surface area contributed by atoms with Gasteiger partial charge in [-0.15, -0.1) is 0 Å². The van der Waals surface area contributed by atoms with Crippen LogP contribution in [0.5, 0.6) is 0 Å². The van der Waals surface area contributed by atoms with Gasteiger partial charge < -0.3 is 10.4 Å². The first-order chi connectivity index (χ1) is 11.1. The zero-order chi connectivity index (χ0) is 16.4. The van der Waals surface area contributed by atoms with Crippen LogP contribution in [0.3, 0.4) is 0 Å². The van der Waals surface area contributed by atoms with Gasteiger partial charge in [-0.2, -0.15) is 0 Å². The third kappa shape index (κ3) is 4.22. The number of hydrogen-bond acceptors (Lipinski definition) is 3. The predicted octanol–water partition coefficient (Wildman–Crippen LogP) is 2.19. The van der Waals surface area contributed by atoms with Crippen molar-refractivity contribution >= 4 is 17.5 Å². The van der Waals surface area contributed by atoms with Gasteiger partial charge in [-0.25, -0.2) is 4.39 Å². The largest absolute Gasteiger partial charge is 0.396 e. The van der Waals surface area contributed by atoms with Gasteiger partial charge >= 0.3 is 0 Å². The van der Waals surface area contributed by atoms with Crippen molar-refractivity contribution in [1.82, 2.24) is 10.2 Å². The molecular formula is C17H22ClFN2O2. The highest BCUT2D eigenvalue weighted by Crippen LogP contribution is 2.30. The molecule has 3 rings (SSSR count). The average Bonchev–Trinajstić information content (AvgIpc) is 3.35. The molecule has 1 aliphatic carbocycles. The molecule has 1 aromatic carbocycles. The third-order valence-electron chi connectivity index (χ3n) is 4.76. The van der Waals surface area contributed by atoms with Crippen molar-refractivity contribution in [1.29, 1.82) is 0 Å². The zero-order valence-corrected chi connectivity index (χ0v) is 13.7. The number of benzene rings is 1. The van der Waals surface area contributed by atoms with Crippen LogP contribution in [0.15, 0.2) is 18.2 Å². The number of amides is 1. The van der Waals surface area contributed by atoms with E-state index in [2.05, 4.69) is 10.2 Å². The Kier molecular flexibility index (Phi) is 5.19. The maximum Gasteiger partial charge on any atom is 0.223 e. The second-order valence-electron chi connectivity index (χ2n) is 6.59. The van der Waals surface area contributed by atoms with Crippen LogP contribution < -0.4 is 5.32 Å². The molecule has 0 radical (unpaired) electrons. The monoisotopic (exact) mass is 340 g/mol. The van der Waals surface area contributed by atoms with E-state index in [4.69, 9.17) is 11.6 Å². The molecule has 6 heteroatoms. The summed E-state index contributed by atoms with van der Waals surface area (Å²) in [7, 11) is 0. The molecule has 2 fully saturated rings. The van der Waals surface area contributed by atoms with E-state index in [1.165, 1.54) is 6.07 Å². The van der Waals surface area contributed by atoms with E-state index in [-0.39, 0.29) is 36.2 Å². The second-order valence-corrected chi connectivity index (χ2v) is 7.03. The molecule has 1 aliphatic heterocycles. The summed E-state index contributed by atoms with van der Waals surface area (Å²) in [6.07, 6.45) is 2.71. The van der Waals surface area contributed by atoms with Gasteiger partial charge in [0.15, 0.2) is 0 Å². The SMILES string of the molecule is O=C(N[C@@H]1CN(Cc2ccc(Cl)cc2F)CC[C@@H]1CO)C1CC1. The molecule has 2 N–H and O–H groups in total. The molecule has 4 nitrogen and oxygen atoms in total. The Morgan fingerprint density at radius 2 is 2.17 bits per heavy atom. The molecular weight excluding hydrogens is 319 g/mol. The molecule has 1 amide bonds. The van der Waals surface area contributed by atoms with Gasteiger partial charge in [-0.1, -0.05) is 17.7 Å². The number of aliphatic hydroxyl groups excluding tert-OH is 1. The van der Waals surface area contributed by atoms with E-state index in [9.17, 15) is 14.3 Å². The molecule has 126 valence electrons. The number of nitrogens with zero attached hydrogens (tertiary/aromatic N) is 1. The fraction of sp³-hybridized carbons (Fsp3) is 0.588. The summed E-state index contributed by atoms with van der Waals surface area (Å²) >= 11 is 5.78. The van der Waals surface area contributed by atoms with E-state index in [0.717, 1.165) is 25.8 Å². The minimum Gasteiger partial charge on any atom is -0.396 e. The Bertz CT molecular complexity index is 580. The zero-order valence-electron chi connectivity index (χ0n) is 13.0. The lowest BCUT2D eigenvalue weighted by atomic mass is 9.91. The smallest absolute Gasteiger partial charge is 0.223 e. The lowest BCUT2D eigenvalue weighted by molar-refractivity contribution is -0.124. The molecule has 1 heterocycles. The number of aliphatic hydroxyl groups is 1. The summed E-state index contributed by atoms with van der Waals surface area (Å²) in [5.41, 5.74) is 0.601. The minimum absolute atomic E-state index is 0.0682. The maximum atomic E-state index is 13.9. The number of hydrogen-bond donors (Lipinski definition) is 2. The molecule has 1 saturated carbocycles. The molecule has 1 aromatic rings. The summed E-state index contributed by atoms with van der Waals surface area (Å²) in [6.45, 7) is 1.96. The standard InChI is InChI=1S/C17H22ClFN2O2/c18-14-4-3-12(15(19)7-14)8-21-6-5-13(10-22)16(9-21)20-17(23)11-1-2-11/h3-4,7,11,13,16,22H,1-2,5-6,8-10H2,(H,20,23)/t13-,16-/m1/s1. The molecule has 2 aliphatic rings. The van der Waals surface area contributed by atoms with Crippen LogP contribution in [0.4, 0.5) is 4.39 Å². The summed E-state index contributed by atoms with van der Waals surface area (Å²) < 4.78 is 13.9. The third-order valence-corrected chi connectivity index (χ3v) is 4.99. The summed E-state index contributed by atoms with van der Waals surface area (Å²) in [5, 5.41) is 13.0. The fourth-order valence-electron chi connectivity index (χ4n) is 3.13. The minimum atomic E-state index is -0.305. The summed E-state index contributed by atoms with van der Waals surface area (Å²) in [4.78, 5) is 14.1. The number of carbonyl (C=O) groups is 1. The van der Waals surface area contributed by atoms with Gasteiger partial charge in [0, 0.05) is 48.2 Å². The first-order valence-corrected chi connectivity index (χ1v) is 8.52. The van der Waals surface area contributed by atoms with Gasteiger partial charge in [0.05, 0.1) is 0 Å². The highest BCUT2D eigenvalue weighted by molar-refractivity contribution is 6.30. The van der Waals surface area contributed by atoms with Crippen LogP contribution in [0.2, 0.25) is 5.02 Å². The fourth-order valence-corrected chi connectivity index (χ4v) is 3.29. The van der Waals surface area contributed by atoms with Crippen LogP contribution in [0, 0.1) is 17.7 Å². The van der Waals surface area contributed by atoms with Crippen molar-refractivity contribution in [3.63, 3.8) is 0 Å². The van der Waals surface area contributed by atoms with Crippen molar-refractivity contribution in [3.05, 3.63) is 34.6 Å². The average molecular weight is 341 g/mol. The Balaban J connectivity index is 1.63. The Hall–Kier alpha value is -1.17. The highest BCUT2D eigenvalue weighted by Gasteiger charge is 2.35. The Morgan fingerprint density at radius 3 is 2.83 bits per heavy atom. The van der Waals surface area contributed by atoms with Gasteiger partial charge in [0.1, 0.15) is 5.82 Å². The topological polar surface area (TPSA) is 52.6 Å². The second kappa shape index (κ2) is 7.16.